The predicted octanol–water partition coefficient (Wildman–Crippen LogP) is 5.66. The van der Waals surface area contributed by atoms with Crippen LogP contribution < -0.4 is 0 Å². The molecule has 33 heavy (non-hydrogen) atoms. The van der Waals surface area contributed by atoms with Gasteiger partial charge in [0.15, 0.2) is 18.2 Å². The first-order valence-corrected chi connectivity index (χ1v) is 11.2. The van der Waals surface area contributed by atoms with Gasteiger partial charge in [-0.2, -0.15) is 0 Å². The number of nitrogens with zero attached hydrogens (tertiary/aromatic N) is 3. The van der Waals surface area contributed by atoms with Crippen molar-refractivity contribution in [2.24, 2.45) is 0 Å². The molecule has 7 heteroatoms. The Balaban J connectivity index is 1.63. The van der Waals surface area contributed by atoms with Crippen LogP contribution in [0.2, 0.25) is 0 Å². The zero-order valence-electron chi connectivity index (χ0n) is 18.5. The Morgan fingerprint density at radius 2 is 1.61 bits per heavy atom. The van der Waals surface area contributed by atoms with E-state index >= 15 is 0 Å². The summed E-state index contributed by atoms with van der Waals surface area (Å²) in [7, 11) is 0. The number of Topliss-reactive ketones (excluding diaryl/α,β-unsaturated/α-hetero) is 1. The van der Waals surface area contributed by atoms with Gasteiger partial charge in [-0.25, -0.2) is 14.5 Å². The van der Waals surface area contributed by atoms with Gasteiger partial charge in [-0.1, -0.05) is 64.0 Å². The molecule has 0 saturated carbocycles. The van der Waals surface area contributed by atoms with E-state index < -0.39 is 12.6 Å². The minimum absolute atomic E-state index is 0.104. The van der Waals surface area contributed by atoms with Crippen LogP contribution in [0, 0.1) is 20.8 Å². The van der Waals surface area contributed by atoms with E-state index in [1.807, 2.05) is 63.2 Å². The van der Waals surface area contributed by atoms with Crippen LogP contribution in [0.15, 0.2) is 71.2 Å². The smallest absolute Gasteiger partial charge is 0.378 e. The maximum atomic E-state index is 12.7. The second-order valence-electron chi connectivity index (χ2n) is 7.81. The lowest BCUT2D eigenvalue weighted by atomic mass is 10.1. The van der Waals surface area contributed by atoms with Crippen LogP contribution in [0.4, 0.5) is 0 Å². The molecule has 3 aromatic carbocycles. The number of rotatable bonds is 6. The third-order valence-electron chi connectivity index (χ3n) is 5.34. The zero-order chi connectivity index (χ0) is 23.5. The number of carbonyl (C=O) groups is 2. The van der Waals surface area contributed by atoms with E-state index in [0.717, 1.165) is 32.4 Å². The molecule has 0 aliphatic rings. The van der Waals surface area contributed by atoms with Gasteiger partial charge in [0.05, 0.1) is 5.69 Å². The number of halogens is 1. The second kappa shape index (κ2) is 9.50. The Morgan fingerprint density at radius 3 is 2.27 bits per heavy atom. The molecule has 0 amide bonds. The van der Waals surface area contributed by atoms with Crippen LogP contribution in [-0.2, 0) is 4.74 Å². The number of hydrogen-bond acceptors (Lipinski definition) is 5. The average molecular weight is 504 g/mol. The zero-order valence-corrected chi connectivity index (χ0v) is 20.1. The van der Waals surface area contributed by atoms with Crippen molar-refractivity contribution in [1.29, 1.82) is 0 Å². The number of aromatic nitrogens is 3. The Hall–Kier alpha value is -3.58. The van der Waals surface area contributed by atoms with Crippen LogP contribution >= 0.6 is 15.9 Å². The Kier molecular flexibility index (Phi) is 6.51. The largest absolute Gasteiger partial charge is 0.451 e. The maximum absolute atomic E-state index is 12.7. The van der Waals surface area contributed by atoms with Gasteiger partial charge in [0.2, 0.25) is 0 Å². The predicted molar refractivity (Wildman–Crippen MR) is 130 cm³/mol. The maximum Gasteiger partial charge on any atom is 0.378 e. The molecular formula is C26H22BrN3O3. The van der Waals surface area contributed by atoms with Crippen molar-refractivity contribution in [2.45, 2.75) is 20.8 Å². The van der Waals surface area contributed by atoms with Crippen molar-refractivity contribution in [3.8, 4) is 17.1 Å². The third kappa shape index (κ3) is 5.09. The highest BCUT2D eigenvalue weighted by molar-refractivity contribution is 9.10. The molecule has 0 fully saturated rings. The first-order valence-electron chi connectivity index (χ1n) is 10.4. The fraction of sp³-hybridized carbons (Fsp3) is 0.154. The molecule has 0 aliphatic carbocycles. The molecule has 6 nitrogen and oxygen atoms in total. The van der Waals surface area contributed by atoms with Crippen molar-refractivity contribution in [3.63, 3.8) is 0 Å². The van der Waals surface area contributed by atoms with Crippen LogP contribution in [0.25, 0.3) is 17.1 Å². The lowest BCUT2D eigenvalue weighted by Crippen LogP contribution is -2.15. The van der Waals surface area contributed by atoms with E-state index in [0.29, 0.717) is 11.4 Å². The van der Waals surface area contributed by atoms with Crippen molar-refractivity contribution in [2.75, 3.05) is 6.61 Å². The molecule has 0 atom stereocenters. The van der Waals surface area contributed by atoms with Crippen molar-refractivity contribution in [1.82, 2.24) is 14.8 Å². The summed E-state index contributed by atoms with van der Waals surface area (Å²) in [5.41, 5.74) is 5.42. The summed E-state index contributed by atoms with van der Waals surface area (Å²) in [4.78, 5) is 29.5. The number of ether oxygens (including phenoxy) is 1. The van der Waals surface area contributed by atoms with Gasteiger partial charge < -0.3 is 4.74 Å². The summed E-state index contributed by atoms with van der Waals surface area (Å²) < 4.78 is 7.73. The summed E-state index contributed by atoms with van der Waals surface area (Å²) in [5, 5.41) is 4.43. The second-order valence-corrected chi connectivity index (χ2v) is 8.73. The van der Waals surface area contributed by atoms with Gasteiger partial charge in [0, 0.05) is 15.6 Å². The molecule has 4 rings (SSSR count). The summed E-state index contributed by atoms with van der Waals surface area (Å²) in [5.74, 6) is -0.642. The number of hydrogen-bond donors (Lipinski definition) is 0. The van der Waals surface area contributed by atoms with Crippen LogP contribution in [0.5, 0.6) is 0 Å². The summed E-state index contributed by atoms with van der Waals surface area (Å²) in [6.45, 7) is 5.67. The monoisotopic (exact) mass is 503 g/mol. The highest BCUT2D eigenvalue weighted by Gasteiger charge is 2.21. The molecule has 0 spiro atoms. The number of ketones is 1. The van der Waals surface area contributed by atoms with Crippen LogP contribution in [0.3, 0.4) is 0 Å². The van der Waals surface area contributed by atoms with E-state index in [2.05, 4.69) is 26.0 Å². The van der Waals surface area contributed by atoms with E-state index in [1.165, 1.54) is 0 Å². The summed E-state index contributed by atoms with van der Waals surface area (Å²) in [6, 6.07) is 20.6. The van der Waals surface area contributed by atoms with Crippen molar-refractivity contribution < 1.29 is 14.3 Å². The fourth-order valence-electron chi connectivity index (χ4n) is 3.24. The first kappa shape index (κ1) is 22.6. The molecule has 0 bridgehead atoms. The average Bonchev–Trinajstić information content (AvgIpc) is 3.25. The normalized spacial score (nSPS) is 10.8. The van der Waals surface area contributed by atoms with Gasteiger partial charge in [0.1, 0.15) is 0 Å². The highest BCUT2D eigenvalue weighted by Crippen LogP contribution is 2.23. The molecule has 4 aromatic rings. The summed E-state index contributed by atoms with van der Waals surface area (Å²) >= 11 is 3.33. The number of esters is 1. The molecule has 166 valence electrons. The molecule has 1 aromatic heterocycles. The lowest BCUT2D eigenvalue weighted by molar-refractivity contribution is 0.0462. The van der Waals surface area contributed by atoms with E-state index in [9.17, 15) is 9.59 Å². The van der Waals surface area contributed by atoms with Gasteiger partial charge in [-0.05, 0) is 56.2 Å². The van der Waals surface area contributed by atoms with Gasteiger partial charge in [-0.15, -0.1) is 5.10 Å². The van der Waals surface area contributed by atoms with E-state index in [1.54, 1.807) is 28.9 Å². The number of benzene rings is 3. The molecule has 0 N–H and O–H groups in total. The Morgan fingerprint density at radius 1 is 0.909 bits per heavy atom. The number of aryl methyl sites for hydroxylation is 3. The number of carbonyl (C=O) groups excluding carboxylic acids is 2. The Labute approximate surface area is 200 Å². The van der Waals surface area contributed by atoms with Crippen molar-refractivity contribution in [3.05, 3.63) is 99.3 Å². The SMILES string of the molecule is Cc1ccc(-c2nc(C(=O)OCC(=O)c3ccc(Br)cc3)nn2-c2ccc(C)c(C)c2)cc1. The minimum Gasteiger partial charge on any atom is -0.451 e. The van der Waals surface area contributed by atoms with Gasteiger partial charge in [0.25, 0.3) is 5.82 Å². The minimum atomic E-state index is -0.753. The van der Waals surface area contributed by atoms with Crippen LogP contribution in [0.1, 0.15) is 37.7 Å². The molecule has 0 aliphatic heterocycles. The highest BCUT2D eigenvalue weighted by atomic mass is 79.9. The quantitative estimate of drug-likeness (QED) is 0.250. The first-order chi connectivity index (χ1) is 15.8. The van der Waals surface area contributed by atoms with Gasteiger partial charge >= 0.3 is 5.97 Å². The van der Waals surface area contributed by atoms with Crippen molar-refractivity contribution >= 4 is 27.7 Å². The fourth-order valence-corrected chi connectivity index (χ4v) is 3.50. The van der Waals surface area contributed by atoms with E-state index in [4.69, 9.17) is 4.74 Å². The molecular weight excluding hydrogens is 482 g/mol. The third-order valence-corrected chi connectivity index (χ3v) is 5.86. The molecule has 0 unspecified atom stereocenters. The summed E-state index contributed by atoms with van der Waals surface area (Å²) in [6.07, 6.45) is 0. The Bertz CT molecular complexity index is 1330. The van der Waals surface area contributed by atoms with E-state index in [-0.39, 0.29) is 11.6 Å². The standard InChI is InChI=1S/C26H22BrN3O3/c1-16-4-7-20(8-5-16)25-28-24(29-30(25)22-13-6-17(2)18(3)14-22)26(32)33-15-23(31)19-9-11-21(27)12-10-19/h4-14H,15H2,1-3H3. The van der Waals surface area contributed by atoms with Gasteiger partial charge in [-0.3, -0.25) is 4.79 Å². The topological polar surface area (TPSA) is 74.1 Å². The lowest BCUT2D eigenvalue weighted by Gasteiger charge is -2.08. The molecule has 0 saturated heterocycles. The molecule has 1 heterocycles. The van der Waals surface area contributed by atoms with Crippen LogP contribution in [-0.4, -0.2) is 33.1 Å². The molecule has 0 radical (unpaired) electrons.